The molecule has 0 fully saturated rings. The lowest BCUT2D eigenvalue weighted by Gasteiger charge is -2.16. The molecule has 0 radical (unpaired) electrons. The number of imide groups is 1. The monoisotopic (exact) mass is 546 g/mol. The highest BCUT2D eigenvalue weighted by atomic mass is 32.1. The number of nitrogens with zero attached hydrogens (tertiary/aromatic N) is 2. The van der Waals surface area contributed by atoms with Crippen LogP contribution in [0.1, 0.15) is 31.1 Å². The molecule has 0 unspecified atom stereocenters. The van der Waals surface area contributed by atoms with E-state index in [4.69, 9.17) is 14.1 Å². The van der Waals surface area contributed by atoms with Gasteiger partial charge in [-0.3, -0.25) is 9.59 Å². The van der Waals surface area contributed by atoms with Crippen LogP contribution in [0.4, 0.5) is 5.69 Å². The van der Waals surface area contributed by atoms with Crippen LogP contribution in [-0.2, 0) is 0 Å². The number of carboxylic acid groups (broad SMARTS) is 1. The van der Waals surface area contributed by atoms with Crippen LogP contribution in [0.2, 0.25) is 0 Å². The highest BCUT2D eigenvalue weighted by Gasteiger charge is 2.37. The number of methoxy groups -OCH3 is 1. The summed E-state index contributed by atoms with van der Waals surface area (Å²) in [5, 5.41) is 13.8. The molecule has 6 aromatic rings. The van der Waals surface area contributed by atoms with Crippen LogP contribution in [0.25, 0.3) is 43.8 Å². The highest BCUT2D eigenvalue weighted by Crippen LogP contribution is 2.40. The van der Waals surface area contributed by atoms with Crippen molar-refractivity contribution >= 4 is 56.7 Å². The number of ether oxygens (including phenoxy) is 1. The molecule has 0 bridgehead atoms. The quantitative estimate of drug-likeness (QED) is 0.235. The zero-order valence-corrected chi connectivity index (χ0v) is 21.7. The molecule has 194 valence electrons. The molecule has 2 aromatic heterocycles. The lowest BCUT2D eigenvalue weighted by Crippen LogP contribution is -2.29. The van der Waals surface area contributed by atoms with E-state index in [2.05, 4.69) is 17.5 Å². The van der Waals surface area contributed by atoms with Crippen molar-refractivity contribution in [1.29, 1.82) is 0 Å². The second-order valence-electron chi connectivity index (χ2n) is 9.25. The van der Waals surface area contributed by atoms with Gasteiger partial charge in [-0.1, -0.05) is 24.3 Å². The number of thiophene rings is 1. The van der Waals surface area contributed by atoms with Gasteiger partial charge in [0.15, 0.2) is 5.58 Å². The molecule has 0 aliphatic carbocycles. The number of hydrogen-bond donors (Lipinski definition) is 1. The largest absolute Gasteiger partial charge is 0.496 e. The summed E-state index contributed by atoms with van der Waals surface area (Å²) in [7, 11) is 1.51. The first-order valence-corrected chi connectivity index (χ1v) is 13.1. The summed E-state index contributed by atoms with van der Waals surface area (Å²) in [5.41, 5.74) is 3.10. The van der Waals surface area contributed by atoms with E-state index < -0.39 is 17.8 Å². The summed E-state index contributed by atoms with van der Waals surface area (Å²) in [6.45, 7) is 0. The van der Waals surface area contributed by atoms with Gasteiger partial charge in [0, 0.05) is 10.3 Å². The summed E-state index contributed by atoms with van der Waals surface area (Å²) < 4.78 is 11.6. The van der Waals surface area contributed by atoms with E-state index in [1.54, 1.807) is 29.5 Å². The van der Waals surface area contributed by atoms with Gasteiger partial charge in [-0.2, -0.15) is 0 Å². The van der Waals surface area contributed by atoms with Crippen LogP contribution in [0, 0.1) is 0 Å². The zero-order chi connectivity index (χ0) is 27.5. The van der Waals surface area contributed by atoms with E-state index in [0.29, 0.717) is 22.4 Å². The summed E-state index contributed by atoms with van der Waals surface area (Å²) in [6.07, 6.45) is 0. The number of rotatable bonds is 5. The van der Waals surface area contributed by atoms with Gasteiger partial charge in [0.05, 0.1) is 35.1 Å². The number of benzene rings is 4. The van der Waals surface area contributed by atoms with Crippen molar-refractivity contribution in [3.8, 4) is 27.6 Å². The predicted molar refractivity (Wildman–Crippen MR) is 151 cm³/mol. The summed E-state index contributed by atoms with van der Waals surface area (Å²) in [4.78, 5) is 44.6. The van der Waals surface area contributed by atoms with E-state index in [9.17, 15) is 19.5 Å². The van der Waals surface area contributed by atoms with Crippen molar-refractivity contribution in [2.75, 3.05) is 12.0 Å². The number of carbonyl (C=O) groups excluding carboxylic acids is 2. The molecule has 4 aromatic carbocycles. The summed E-state index contributed by atoms with van der Waals surface area (Å²) in [5.74, 6) is -1.61. The topological polar surface area (TPSA) is 110 Å². The lowest BCUT2D eigenvalue weighted by atomic mass is 10.1. The van der Waals surface area contributed by atoms with Gasteiger partial charge >= 0.3 is 5.97 Å². The van der Waals surface area contributed by atoms with Gasteiger partial charge in [-0.05, 0) is 70.9 Å². The zero-order valence-electron chi connectivity index (χ0n) is 20.9. The Hall–Kier alpha value is -5.28. The fraction of sp³-hybridized carbons (Fsp3) is 0.0323. The van der Waals surface area contributed by atoms with E-state index in [0.717, 1.165) is 15.3 Å². The Morgan fingerprint density at radius 3 is 2.58 bits per heavy atom. The Morgan fingerprint density at radius 2 is 1.75 bits per heavy atom. The minimum Gasteiger partial charge on any atom is -0.496 e. The SMILES string of the molecule is COc1ccc(N2C(=O)c3ccc(C(=O)O)cc3C2=O)cc1-c1nc2cc(-c3scc4ccccc34)ccc2o1. The third-order valence-corrected chi connectivity index (χ3v) is 8.03. The molecule has 3 heterocycles. The van der Waals surface area contributed by atoms with Crippen LogP contribution in [0.3, 0.4) is 0 Å². The number of aromatic nitrogens is 1. The maximum Gasteiger partial charge on any atom is 0.335 e. The molecule has 0 saturated carbocycles. The van der Waals surface area contributed by atoms with Crippen LogP contribution in [-0.4, -0.2) is 35.0 Å². The third-order valence-electron chi connectivity index (χ3n) is 6.96. The van der Waals surface area contributed by atoms with Crippen molar-refractivity contribution in [3.05, 3.63) is 101 Å². The summed E-state index contributed by atoms with van der Waals surface area (Å²) in [6, 6.07) is 22.8. The third kappa shape index (κ3) is 3.59. The molecule has 9 heteroatoms. The van der Waals surface area contributed by atoms with E-state index in [-0.39, 0.29) is 28.3 Å². The average Bonchev–Trinajstić information content (AvgIpc) is 3.66. The Balaban J connectivity index is 1.29. The van der Waals surface area contributed by atoms with Crippen molar-refractivity contribution < 1.29 is 28.6 Å². The molecule has 8 nitrogen and oxygen atoms in total. The first kappa shape index (κ1) is 23.8. The molecule has 7 rings (SSSR count). The van der Waals surface area contributed by atoms with E-state index in [1.807, 2.05) is 30.3 Å². The van der Waals surface area contributed by atoms with Crippen LogP contribution >= 0.6 is 11.3 Å². The number of anilines is 1. The Kier molecular flexibility index (Phi) is 5.29. The molecule has 1 aliphatic heterocycles. The Labute approximate surface area is 230 Å². The smallest absolute Gasteiger partial charge is 0.335 e. The molecular weight excluding hydrogens is 528 g/mol. The van der Waals surface area contributed by atoms with Gasteiger partial charge in [-0.15, -0.1) is 11.3 Å². The minimum absolute atomic E-state index is 0.0396. The minimum atomic E-state index is -1.18. The maximum absolute atomic E-state index is 13.2. The van der Waals surface area contributed by atoms with Crippen molar-refractivity contribution in [2.24, 2.45) is 0 Å². The van der Waals surface area contributed by atoms with Crippen LogP contribution in [0.15, 0.2) is 88.7 Å². The van der Waals surface area contributed by atoms with Gasteiger partial charge in [0.2, 0.25) is 5.89 Å². The number of carboxylic acids is 1. The second-order valence-corrected chi connectivity index (χ2v) is 10.1. The lowest BCUT2D eigenvalue weighted by molar-refractivity contribution is 0.0696. The fourth-order valence-electron chi connectivity index (χ4n) is 5.01. The predicted octanol–water partition coefficient (Wildman–Crippen LogP) is 6.88. The average molecular weight is 547 g/mol. The van der Waals surface area contributed by atoms with Crippen molar-refractivity contribution in [2.45, 2.75) is 0 Å². The van der Waals surface area contributed by atoms with Gasteiger partial charge < -0.3 is 14.3 Å². The highest BCUT2D eigenvalue weighted by molar-refractivity contribution is 7.15. The van der Waals surface area contributed by atoms with Crippen LogP contribution < -0.4 is 9.64 Å². The van der Waals surface area contributed by atoms with Gasteiger partial charge in [0.25, 0.3) is 11.8 Å². The number of amides is 2. The van der Waals surface area contributed by atoms with E-state index >= 15 is 0 Å². The molecule has 2 amide bonds. The van der Waals surface area contributed by atoms with Crippen LogP contribution in [0.5, 0.6) is 5.75 Å². The number of aromatic carboxylic acids is 1. The standard InChI is InChI=1S/C31H18N2O6S/c1-38-25-11-8-19(33-29(34)21-9-6-17(31(36)37)12-22(21)30(33)35)14-23(25)28-32-24-13-16(7-10-26(24)39-28)27-20-5-3-2-4-18(20)15-40-27/h2-15H,1H3,(H,36,37). The van der Waals surface area contributed by atoms with Crippen molar-refractivity contribution in [1.82, 2.24) is 4.98 Å². The Bertz CT molecular complexity index is 2040. The molecule has 40 heavy (non-hydrogen) atoms. The molecule has 1 aliphatic rings. The first-order valence-electron chi connectivity index (χ1n) is 12.2. The number of oxazole rings is 1. The van der Waals surface area contributed by atoms with Gasteiger partial charge in [-0.25, -0.2) is 14.7 Å². The number of hydrogen-bond acceptors (Lipinski definition) is 7. The number of carbonyl (C=O) groups is 3. The molecule has 0 spiro atoms. The molecule has 1 N–H and O–H groups in total. The molecule has 0 atom stereocenters. The van der Waals surface area contributed by atoms with Crippen molar-refractivity contribution in [3.63, 3.8) is 0 Å². The Morgan fingerprint density at radius 1 is 0.925 bits per heavy atom. The molecular formula is C31H18N2O6S. The fourth-order valence-corrected chi connectivity index (χ4v) is 6.04. The normalized spacial score (nSPS) is 12.9. The first-order chi connectivity index (χ1) is 19.4. The number of fused-ring (bicyclic) bond motifs is 3. The van der Waals surface area contributed by atoms with Gasteiger partial charge in [0.1, 0.15) is 11.3 Å². The summed E-state index contributed by atoms with van der Waals surface area (Å²) >= 11 is 1.67. The molecule has 0 saturated heterocycles. The maximum atomic E-state index is 13.2. The van der Waals surface area contributed by atoms with E-state index in [1.165, 1.54) is 36.1 Å². The second kappa shape index (κ2) is 8.89.